The maximum absolute atomic E-state index is 12.5. The third-order valence-corrected chi connectivity index (χ3v) is 8.11. The molecule has 6 rings (SSSR count). The molecule has 3 heterocycles. The van der Waals surface area contributed by atoms with Crippen molar-refractivity contribution in [3.63, 3.8) is 0 Å². The van der Waals surface area contributed by atoms with Crippen molar-refractivity contribution in [1.29, 1.82) is 0 Å². The van der Waals surface area contributed by atoms with Gasteiger partial charge >= 0.3 is 5.97 Å². The number of benzene rings is 1. The van der Waals surface area contributed by atoms with Gasteiger partial charge in [0.2, 0.25) is 0 Å². The lowest BCUT2D eigenvalue weighted by Gasteiger charge is -2.42. The van der Waals surface area contributed by atoms with Crippen LogP contribution in [0.1, 0.15) is 45.6 Å². The average molecular weight is 402 g/mol. The lowest BCUT2D eigenvalue weighted by molar-refractivity contribution is -0.443. The van der Waals surface area contributed by atoms with E-state index < -0.39 is 5.60 Å². The maximum Gasteiger partial charge on any atom is 0.312 e. The van der Waals surface area contributed by atoms with Gasteiger partial charge in [0.05, 0.1) is 25.7 Å². The quantitative estimate of drug-likeness (QED) is 0.566. The van der Waals surface area contributed by atoms with Gasteiger partial charge in [-0.3, -0.25) is 4.79 Å². The molecule has 29 heavy (non-hydrogen) atoms. The zero-order valence-electron chi connectivity index (χ0n) is 17.6. The molecule has 1 aromatic rings. The second kappa shape index (κ2) is 6.69. The highest BCUT2D eigenvalue weighted by Gasteiger charge is 2.71. The standard InChI is InChI=1S/C23H30O6/c1-13-18(26-12-15-5-7-16(25-4)8-6-15)11-17-19(13)20-23(14(2)21(24)27-20)10-9-22(17,3)28-29-23/h5-8,13-14,17-20H,9-12H2,1-4H3/t13-,14-,17-,18-,19+,20+,22-,23-/m0/s1. The first kappa shape index (κ1) is 19.3. The van der Waals surface area contributed by atoms with E-state index in [-0.39, 0.29) is 47.4 Å². The van der Waals surface area contributed by atoms with Crippen LogP contribution >= 0.6 is 0 Å². The van der Waals surface area contributed by atoms with Crippen LogP contribution in [0, 0.1) is 23.7 Å². The van der Waals surface area contributed by atoms with Crippen LogP contribution in [-0.2, 0) is 30.7 Å². The molecule has 0 radical (unpaired) electrons. The lowest BCUT2D eigenvalue weighted by atomic mass is 9.74. The van der Waals surface area contributed by atoms with Crippen molar-refractivity contribution in [2.24, 2.45) is 23.7 Å². The van der Waals surface area contributed by atoms with Crippen LogP contribution < -0.4 is 4.74 Å². The molecular weight excluding hydrogens is 372 g/mol. The predicted molar refractivity (Wildman–Crippen MR) is 104 cm³/mol. The van der Waals surface area contributed by atoms with Crippen LogP contribution in [0.5, 0.6) is 5.75 Å². The van der Waals surface area contributed by atoms with Crippen molar-refractivity contribution in [3.8, 4) is 5.75 Å². The molecule has 2 bridgehead atoms. The summed E-state index contributed by atoms with van der Waals surface area (Å²) in [5.74, 6) is 1.04. The summed E-state index contributed by atoms with van der Waals surface area (Å²) in [4.78, 5) is 24.4. The summed E-state index contributed by atoms with van der Waals surface area (Å²) < 4.78 is 17.5. The van der Waals surface area contributed by atoms with Crippen LogP contribution in [0.3, 0.4) is 0 Å². The molecule has 2 aliphatic carbocycles. The number of hydrogen-bond acceptors (Lipinski definition) is 6. The molecule has 1 spiro atoms. The first-order valence-electron chi connectivity index (χ1n) is 10.7. The predicted octanol–water partition coefficient (Wildman–Crippen LogP) is 3.67. The molecule has 6 nitrogen and oxygen atoms in total. The Hall–Kier alpha value is -1.63. The minimum absolute atomic E-state index is 0.0959. The van der Waals surface area contributed by atoms with Crippen LogP contribution in [0.2, 0.25) is 0 Å². The second-order valence-electron chi connectivity index (χ2n) is 9.49. The smallest absolute Gasteiger partial charge is 0.312 e. The summed E-state index contributed by atoms with van der Waals surface area (Å²) in [6, 6.07) is 7.97. The molecule has 6 heteroatoms. The Morgan fingerprint density at radius 2 is 1.90 bits per heavy atom. The van der Waals surface area contributed by atoms with E-state index in [9.17, 15) is 4.79 Å². The fraction of sp³-hybridized carbons (Fsp3) is 0.696. The van der Waals surface area contributed by atoms with Gasteiger partial charge in [0.15, 0.2) is 5.60 Å². The van der Waals surface area contributed by atoms with E-state index in [0.29, 0.717) is 6.61 Å². The van der Waals surface area contributed by atoms with Crippen LogP contribution in [-0.4, -0.2) is 36.5 Å². The first-order valence-corrected chi connectivity index (χ1v) is 10.7. The van der Waals surface area contributed by atoms with Crippen LogP contribution in [0.4, 0.5) is 0 Å². The van der Waals surface area contributed by atoms with Gasteiger partial charge in [-0.15, -0.1) is 0 Å². The van der Waals surface area contributed by atoms with E-state index in [2.05, 4.69) is 13.8 Å². The van der Waals surface area contributed by atoms with Gasteiger partial charge in [-0.2, -0.15) is 0 Å². The monoisotopic (exact) mass is 402 g/mol. The van der Waals surface area contributed by atoms with Gasteiger partial charge in [-0.1, -0.05) is 19.1 Å². The summed E-state index contributed by atoms with van der Waals surface area (Å²) in [7, 11) is 1.67. The number of fused-ring (bicyclic) bond motifs is 2. The number of methoxy groups -OCH3 is 1. The minimum Gasteiger partial charge on any atom is -0.497 e. The third kappa shape index (κ3) is 2.76. The second-order valence-corrected chi connectivity index (χ2v) is 9.49. The Morgan fingerprint density at radius 3 is 2.55 bits per heavy atom. The Labute approximate surface area is 171 Å². The van der Waals surface area contributed by atoms with Gasteiger partial charge < -0.3 is 14.2 Å². The highest BCUT2D eigenvalue weighted by Crippen LogP contribution is 2.61. The van der Waals surface area contributed by atoms with Gasteiger partial charge in [0, 0.05) is 11.8 Å². The summed E-state index contributed by atoms with van der Waals surface area (Å²) in [6.07, 6.45) is 2.41. The van der Waals surface area contributed by atoms with Crippen LogP contribution in [0.15, 0.2) is 24.3 Å². The Bertz CT molecular complexity index is 781. The number of esters is 1. The van der Waals surface area contributed by atoms with E-state index >= 15 is 0 Å². The van der Waals surface area contributed by atoms with Gasteiger partial charge in [0.25, 0.3) is 0 Å². The van der Waals surface area contributed by atoms with Crippen molar-refractivity contribution in [2.45, 2.75) is 70.1 Å². The van der Waals surface area contributed by atoms with E-state index in [1.807, 2.05) is 31.2 Å². The highest BCUT2D eigenvalue weighted by molar-refractivity contribution is 5.76. The first-order chi connectivity index (χ1) is 13.9. The molecule has 0 aromatic heterocycles. The molecule has 3 saturated heterocycles. The van der Waals surface area contributed by atoms with E-state index in [1.165, 1.54) is 0 Å². The zero-order valence-corrected chi connectivity index (χ0v) is 17.6. The largest absolute Gasteiger partial charge is 0.497 e. The number of rotatable bonds is 4. The fourth-order valence-corrected chi connectivity index (χ4v) is 6.13. The topological polar surface area (TPSA) is 63.2 Å². The number of ether oxygens (including phenoxy) is 3. The normalized spacial score (nSPS) is 45.4. The molecule has 0 unspecified atom stereocenters. The maximum atomic E-state index is 12.5. The molecular formula is C23H30O6. The van der Waals surface area contributed by atoms with Crippen molar-refractivity contribution >= 4 is 5.97 Å². The molecule has 0 N–H and O–H groups in total. The molecule has 158 valence electrons. The fourth-order valence-electron chi connectivity index (χ4n) is 6.13. The number of carbonyl (C=O) groups is 1. The van der Waals surface area contributed by atoms with Crippen molar-refractivity contribution < 1.29 is 28.8 Å². The van der Waals surface area contributed by atoms with E-state index in [0.717, 1.165) is 30.6 Å². The van der Waals surface area contributed by atoms with Gasteiger partial charge in [-0.05, 0) is 56.7 Å². The molecule has 5 fully saturated rings. The van der Waals surface area contributed by atoms with Crippen LogP contribution in [0.25, 0.3) is 0 Å². The summed E-state index contributed by atoms with van der Waals surface area (Å²) in [6.45, 7) is 6.83. The average Bonchev–Trinajstić information content (AvgIpc) is 3.12. The Kier molecular flexibility index (Phi) is 4.46. The van der Waals surface area contributed by atoms with Crippen molar-refractivity contribution in [1.82, 2.24) is 0 Å². The minimum atomic E-state index is -0.658. The zero-order chi connectivity index (χ0) is 20.4. The Balaban J connectivity index is 1.38. The van der Waals surface area contributed by atoms with Crippen molar-refractivity contribution in [3.05, 3.63) is 29.8 Å². The summed E-state index contributed by atoms with van der Waals surface area (Å²) in [5, 5.41) is 0. The number of carbonyl (C=O) groups excluding carboxylic acids is 1. The van der Waals surface area contributed by atoms with Crippen molar-refractivity contribution in [2.75, 3.05) is 7.11 Å². The lowest BCUT2D eigenvalue weighted by Crippen LogP contribution is -2.51. The molecule has 3 aliphatic heterocycles. The van der Waals surface area contributed by atoms with Gasteiger partial charge in [-0.25, -0.2) is 9.78 Å². The molecule has 1 aromatic carbocycles. The van der Waals surface area contributed by atoms with Gasteiger partial charge in [0.1, 0.15) is 17.5 Å². The molecule has 0 amide bonds. The summed E-state index contributed by atoms with van der Waals surface area (Å²) in [5.41, 5.74) is 0.100. The molecule has 5 aliphatic rings. The molecule has 8 atom stereocenters. The SMILES string of the molecule is COc1ccc(CO[C@H]2C[C@H]3[C@@H]([C@H]2C)[C@H]2OC(=O)[C@H](C)[C@@]24CC[C@]3(C)OO4)cc1. The third-order valence-electron chi connectivity index (χ3n) is 8.11. The van der Waals surface area contributed by atoms with E-state index in [4.69, 9.17) is 24.0 Å². The Morgan fingerprint density at radius 1 is 1.14 bits per heavy atom. The number of hydrogen-bond donors (Lipinski definition) is 0. The highest BCUT2D eigenvalue weighted by atomic mass is 17.2. The summed E-state index contributed by atoms with van der Waals surface area (Å²) >= 11 is 0. The molecule has 2 saturated carbocycles. The van der Waals surface area contributed by atoms with E-state index in [1.54, 1.807) is 7.11 Å².